The minimum absolute atomic E-state index is 0.711. The van der Waals surface area contributed by atoms with Crippen LogP contribution < -0.4 is 10.1 Å². The third-order valence-electron chi connectivity index (χ3n) is 4.15. The highest BCUT2D eigenvalue weighted by atomic mass is 16.5. The summed E-state index contributed by atoms with van der Waals surface area (Å²) in [6.07, 6.45) is 2.67. The lowest BCUT2D eigenvalue weighted by Gasteiger charge is -2.31. The highest BCUT2D eigenvalue weighted by Gasteiger charge is 2.33. The maximum Gasteiger partial charge on any atom is 0.119 e. The molecule has 1 aromatic rings. The number of nitrogens with zero attached hydrogens (tertiary/aromatic N) is 1. The molecule has 0 spiro atoms. The number of benzene rings is 1. The molecule has 1 N–H and O–H groups in total. The van der Waals surface area contributed by atoms with Crippen LogP contribution in [0.2, 0.25) is 0 Å². The van der Waals surface area contributed by atoms with Gasteiger partial charge in [-0.05, 0) is 44.0 Å². The zero-order valence-corrected chi connectivity index (χ0v) is 10.8. The number of hydrogen-bond acceptors (Lipinski definition) is 3. The van der Waals surface area contributed by atoms with Gasteiger partial charge in [-0.2, -0.15) is 0 Å². The van der Waals surface area contributed by atoms with Crippen LogP contribution in [0.15, 0.2) is 30.3 Å². The Balaban J connectivity index is 1.37. The van der Waals surface area contributed by atoms with Gasteiger partial charge in [0.05, 0.1) is 0 Å². The number of nitrogens with one attached hydrogen (secondary N) is 1. The minimum Gasteiger partial charge on any atom is -0.492 e. The topological polar surface area (TPSA) is 24.5 Å². The van der Waals surface area contributed by atoms with Gasteiger partial charge < -0.3 is 15.0 Å². The summed E-state index contributed by atoms with van der Waals surface area (Å²) in [4.78, 5) is 2.59. The monoisotopic (exact) mass is 246 g/mol. The molecule has 2 aliphatic rings. The molecule has 18 heavy (non-hydrogen) atoms. The standard InChI is InChI=1S/C15H22N2O/c1-2-4-14(5-3-1)18-11-8-16-15-7-10-17-9-6-13(15)12-17/h1-5,13,15-16H,6-12H2. The van der Waals surface area contributed by atoms with Crippen molar-refractivity contribution < 1.29 is 4.74 Å². The maximum atomic E-state index is 5.70. The van der Waals surface area contributed by atoms with Gasteiger partial charge >= 0.3 is 0 Å². The van der Waals surface area contributed by atoms with E-state index < -0.39 is 0 Å². The van der Waals surface area contributed by atoms with Gasteiger partial charge in [0.15, 0.2) is 0 Å². The summed E-state index contributed by atoms with van der Waals surface area (Å²) in [6.45, 7) is 5.60. The summed E-state index contributed by atoms with van der Waals surface area (Å²) in [5.41, 5.74) is 0. The lowest BCUT2D eigenvalue weighted by atomic mass is 9.94. The molecule has 2 bridgehead atoms. The SMILES string of the molecule is c1ccc(OCCNC2CCN3CCC2C3)cc1. The Morgan fingerprint density at radius 2 is 2.00 bits per heavy atom. The van der Waals surface area contributed by atoms with E-state index in [4.69, 9.17) is 4.74 Å². The minimum atomic E-state index is 0.711. The van der Waals surface area contributed by atoms with Gasteiger partial charge in [0.25, 0.3) is 0 Å². The third kappa shape index (κ3) is 2.85. The Morgan fingerprint density at radius 3 is 2.89 bits per heavy atom. The number of hydrogen-bond donors (Lipinski definition) is 1. The first-order chi connectivity index (χ1) is 8.92. The smallest absolute Gasteiger partial charge is 0.119 e. The summed E-state index contributed by atoms with van der Waals surface area (Å²) < 4.78 is 5.70. The van der Waals surface area contributed by atoms with Crippen LogP contribution in [0.4, 0.5) is 0 Å². The van der Waals surface area contributed by atoms with E-state index in [0.717, 1.165) is 24.8 Å². The van der Waals surface area contributed by atoms with E-state index in [1.54, 1.807) is 0 Å². The van der Waals surface area contributed by atoms with Crippen molar-refractivity contribution in [2.45, 2.75) is 18.9 Å². The third-order valence-corrected chi connectivity index (χ3v) is 4.15. The Labute approximate surface area is 109 Å². The summed E-state index contributed by atoms with van der Waals surface area (Å²) in [7, 11) is 0. The highest BCUT2D eigenvalue weighted by molar-refractivity contribution is 5.20. The normalized spacial score (nSPS) is 30.3. The maximum absolute atomic E-state index is 5.70. The van der Waals surface area contributed by atoms with Gasteiger partial charge in [-0.3, -0.25) is 0 Å². The van der Waals surface area contributed by atoms with E-state index in [0.29, 0.717) is 6.04 Å². The van der Waals surface area contributed by atoms with Gasteiger partial charge in [-0.1, -0.05) is 18.2 Å². The van der Waals surface area contributed by atoms with Crippen LogP contribution in [0.5, 0.6) is 5.75 Å². The average Bonchev–Trinajstić information content (AvgIpc) is 2.81. The summed E-state index contributed by atoms with van der Waals surface area (Å²) in [5.74, 6) is 1.84. The molecule has 0 aromatic heterocycles. The van der Waals surface area contributed by atoms with Crippen LogP contribution in [0.1, 0.15) is 12.8 Å². The molecule has 3 heteroatoms. The Hall–Kier alpha value is -1.06. The van der Waals surface area contributed by atoms with Crippen LogP contribution in [-0.2, 0) is 0 Å². The van der Waals surface area contributed by atoms with Gasteiger partial charge in [-0.15, -0.1) is 0 Å². The molecule has 2 aliphatic heterocycles. The van der Waals surface area contributed by atoms with E-state index in [9.17, 15) is 0 Å². The number of rotatable bonds is 5. The van der Waals surface area contributed by atoms with Crippen molar-refractivity contribution in [3.8, 4) is 5.75 Å². The molecular weight excluding hydrogens is 224 g/mol. The molecule has 2 heterocycles. The van der Waals surface area contributed by atoms with E-state index in [1.165, 1.54) is 32.5 Å². The van der Waals surface area contributed by atoms with Gasteiger partial charge in [0.1, 0.15) is 12.4 Å². The van der Waals surface area contributed by atoms with E-state index in [2.05, 4.69) is 10.2 Å². The molecular formula is C15H22N2O. The fraction of sp³-hybridized carbons (Fsp3) is 0.600. The van der Waals surface area contributed by atoms with Crippen LogP contribution >= 0.6 is 0 Å². The van der Waals surface area contributed by atoms with Crippen LogP contribution in [0.25, 0.3) is 0 Å². The van der Waals surface area contributed by atoms with Crippen molar-refractivity contribution in [3.63, 3.8) is 0 Å². The lowest BCUT2D eigenvalue weighted by molar-refractivity contribution is 0.211. The fourth-order valence-electron chi connectivity index (χ4n) is 3.15. The molecule has 3 atom stereocenters. The van der Waals surface area contributed by atoms with Gasteiger partial charge in [0, 0.05) is 19.1 Å². The first kappa shape index (κ1) is 12.0. The van der Waals surface area contributed by atoms with Crippen molar-refractivity contribution in [1.82, 2.24) is 10.2 Å². The number of piperidine rings is 1. The first-order valence-corrected chi connectivity index (χ1v) is 7.05. The van der Waals surface area contributed by atoms with Crippen molar-refractivity contribution >= 4 is 0 Å². The predicted molar refractivity (Wildman–Crippen MR) is 72.9 cm³/mol. The molecule has 3 nitrogen and oxygen atoms in total. The van der Waals surface area contributed by atoms with Crippen LogP contribution in [-0.4, -0.2) is 43.7 Å². The summed E-state index contributed by atoms with van der Waals surface area (Å²) >= 11 is 0. The largest absolute Gasteiger partial charge is 0.492 e. The van der Waals surface area contributed by atoms with Crippen molar-refractivity contribution in [2.24, 2.45) is 5.92 Å². The van der Waals surface area contributed by atoms with E-state index in [1.807, 2.05) is 30.3 Å². The summed E-state index contributed by atoms with van der Waals surface area (Å²) in [5, 5.41) is 3.67. The zero-order valence-electron chi connectivity index (χ0n) is 10.8. The number of ether oxygens (including phenoxy) is 1. The molecule has 0 radical (unpaired) electrons. The molecule has 3 unspecified atom stereocenters. The Kier molecular flexibility index (Phi) is 3.81. The Morgan fingerprint density at radius 1 is 1.17 bits per heavy atom. The second kappa shape index (κ2) is 5.72. The molecule has 2 fully saturated rings. The molecule has 1 aromatic carbocycles. The number of fused-ring (bicyclic) bond motifs is 2. The van der Waals surface area contributed by atoms with Crippen LogP contribution in [0.3, 0.4) is 0 Å². The number of para-hydroxylation sites is 1. The second-order valence-corrected chi connectivity index (χ2v) is 5.36. The molecule has 0 amide bonds. The second-order valence-electron chi connectivity index (χ2n) is 5.36. The molecule has 0 saturated carbocycles. The molecule has 0 aliphatic carbocycles. The molecule has 2 saturated heterocycles. The van der Waals surface area contributed by atoms with Gasteiger partial charge in [-0.25, -0.2) is 0 Å². The highest BCUT2D eigenvalue weighted by Crippen LogP contribution is 2.26. The first-order valence-electron chi connectivity index (χ1n) is 7.05. The van der Waals surface area contributed by atoms with E-state index >= 15 is 0 Å². The lowest BCUT2D eigenvalue weighted by Crippen LogP contribution is -2.45. The van der Waals surface area contributed by atoms with E-state index in [-0.39, 0.29) is 0 Å². The van der Waals surface area contributed by atoms with Gasteiger partial charge in [0.2, 0.25) is 0 Å². The van der Waals surface area contributed by atoms with Crippen LogP contribution in [0, 0.1) is 5.92 Å². The quantitative estimate of drug-likeness (QED) is 0.801. The van der Waals surface area contributed by atoms with Crippen molar-refractivity contribution in [3.05, 3.63) is 30.3 Å². The fourth-order valence-corrected chi connectivity index (χ4v) is 3.15. The molecule has 3 rings (SSSR count). The molecule has 98 valence electrons. The predicted octanol–water partition coefficient (Wildman–Crippen LogP) is 1.75. The zero-order chi connectivity index (χ0) is 12.2. The average molecular weight is 246 g/mol. The van der Waals surface area contributed by atoms with Crippen molar-refractivity contribution in [1.29, 1.82) is 0 Å². The van der Waals surface area contributed by atoms with Crippen molar-refractivity contribution in [2.75, 3.05) is 32.8 Å². The Bertz CT molecular complexity index is 368. The summed E-state index contributed by atoms with van der Waals surface area (Å²) in [6, 6.07) is 10.8.